The summed E-state index contributed by atoms with van der Waals surface area (Å²) in [5.74, 6) is 1.24. The third kappa shape index (κ3) is 3.22. The zero-order valence-corrected chi connectivity index (χ0v) is 11.7. The van der Waals surface area contributed by atoms with Gasteiger partial charge in [0.1, 0.15) is 5.01 Å². The van der Waals surface area contributed by atoms with Crippen LogP contribution in [-0.4, -0.2) is 22.0 Å². The predicted molar refractivity (Wildman–Crippen MR) is 73.2 cm³/mol. The molecular formula is C12H20N2S2. The van der Waals surface area contributed by atoms with Gasteiger partial charge in [-0.2, -0.15) is 11.8 Å². The van der Waals surface area contributed by atoms with E-state index in [4.69, 9.17) is 0 Å². The molecule has 0 aliphatic heterocycles. The molecule has 90 valence electrons. The van der Waals surface area contributed by atoms with Crippen LogP contribution < -0.4 is 5.32 Å². The average molecular weight is 256 g/mol. The van der Waals surface area contributed by atoms with Crippen molar-refractivity contribution in [2.75, 3.05) is 5.75 Å². The molecular weight excluding hydrogens is 236 g/mol. The third-order valence-corrected chi connectivity index (χ3v) is 5.31. The lowest BCUT2D eigenvalue weighted by molar-refractivity contribution is 0.531. The number of thioether (sulfide) groups is 1. The van der Waals surface area contributed by atoms with Gasteiger partial charge in [0.2, 0.25) is 0 Å². The molecule has 1 saturated carbocycles. The molecule has 0 unspecified atom stereocenters. The highest BCUT2D eigenvalue weighted by Gasteiger charge is 2.26. The fourth-order valence-electron chi connectivity index (χ4n) is 2.28. The molecule has 4 heteroatoms. The molecule has 0 saturated heterocycles. The lowest BCUT2D eigenvalue weighted by atomic mass is 10.2. The number of rotatable bonds is 5. The van der Waals surface area contributed by atoms with Crippen LogP contribution in [0.5, 0.6) is 0 Å². The topological polar surface area (TPSA) is 24.9 Å². The number of aryl methyl sites for hydroxylation is 1. The monoisotopic (exact) mass is 256 g/mol. The molecule has 1 heterocycles. The summed E-state index contributed by atoms with van der Waals surface area (Å²) in [4.78, 5) is 4.49. The lowest BCUT2D eigenvalue weighted by Gasteiger charge is -2.19. The van der Waals surface area contributed by atoms with Gasteiger partial charge in [-0.05, 0) is 25.5 Å². The molecule has 1 fully saturated rings. The fourth-order valence-corrected chi connectivity index (χ4v) is 4.22. The Hall–Kier alpha value is -0.0600. The minimum atomic E-state index is 0.703. The Balaban J connectivity index is 1.80. The van der Waals surface area contributed by atoms with E-state index in [1.54, 1.807) is 11.3 Å². The van der Waals surface area contributed by atoms with Crippen LogP contribution in [0.2, 0.25) is 0 Å². The minimum Gasteiger partial charge on any atom is -0.307 e. The third-order valence-electron chi connectivity index (χ3n) is 3.02. The largest absolute Gasteiger partial charge is 0.307 e. The molecule has 0 aromatic carbocycles. The minimum absolute atomic E-state index is 0.703. The van der Waals surface area contributed by atoms with Crippen LogP contribution in [0, 0.1) is 6.92 Å². The van der Waals surface area contributed by atoms with Gasteiger partial charge in [-0.25, -0.2) is 4.98 Å². The molecule has 0 bridgehead atoms. The number of hydrogen-bond acceptors (Lipinski definition) is 4. The van der Waals surface area contributed by atoms with Crippen LogP contribution in [0.25, 0.3) is 0 Å². The van der Waals surface area contributed by atoms with Gasteiger partial charge in [-0.3, -0.25) is 0 Å². The molecule has 16 heavy (non-hydrogen) atoms. The van der Waals surface area contributed by atoms with Gasteiger partial charge in [-0.15, -0.1) is 11.3 Å². The molecule has 1 aliphatic rings. The van der Waals surface area contributed by atoms with E-state index in [1.165, 1.54) is 30.0 Å². The van der Waals surface area contributed by atoms with E-state index in [9.17, 15) is 0 Å². The van der Waals surface area contributed by atoms with Gasteiger partial charge in [0.15, 0.2) is 0 Å². The molecule has 1 aliphatic carbocycles. The molecule has 0 radical (unpaired) electrons. The molecule has 2 rings (SSSR count). The van der Waals surface area contributed by atoms with Gasteiger partial charge >= 0.3 is 0 Å². The van der Waals surface area contributed by atoms with E-state index in [2.05, 4.69) is 41.3 Å². The number of thiazole rings is 1. The molecule has 2 nitrogen and oxygen atoms in total. The maximum absolute atomic E-state index is 4.49. The number of nitrogens with zero attached hydrogens (tertiary/aromatic N) is 1. The van der Waals surface area contributed by atoms with E-state index in [0.717, 1.165) is 17.5 Å². The Bertz CT molecular complexity index is 325. The summed E-state index contributed by atoms with van der Waals surface area (Å²) in [6.07, 6.45) is 4.10. The first kappa shape index (κ1) is 12.4. The second kappa shape index (κ2) is 6.03. The highest BCUT2D eigenvalue weighted by molar-refractivity contribution is 7.99. The van der Waals surface area contributed by atoms with Crippen LogP contribution in [0.4, 0.5) is 0 Å². The number of aromatic nitrogens is 1. The van der Waals surface area contributed by atoms with Crippen LogP contribution in [-0.2, 0) is 6.54 Å². The second-order valence-electron chi connectivity index (χ2n) is 4.29. The first-order chi connectivity index (χ1) is 7.79. The summed E-state index contributed by atoms with van der Waals surface area (Å²) in [5.41, 5.74) is 1.15. The summed E-state index contributed by atoms with van der Waals surface area (Å²) in [6.45, 7) is 5.26. The first-order valence-corrected chi connectivity index (χ1v) is 7.98. The van der Waals surface area contributed by atoms with Crippen LogP contribution in [0.1, 0.15) is 36.9 Å². The van der Waals surface area contributed by atoms with E-state index < -0.39 is 0 Å². The maximum atomic E-state index is 4.49. The summed E-state index contributed by atoms with van der Waals surface area (Å²) in [6, 6.07) is 0.703. The van der Waals surface area contributed by atoms with Gasteiger partial charge < -0.3 is 5.32 Å². The molecule has 0 spiro atoms. The van der Waals surface area contributed by atoms with E-state index in [-0.39, 0.29) is 0 Å². The Morgan fingerprint density at radius 2 is 2.44 bits per heavy atom. The molecule has 1 N–H and O–H groups in total. The Kier molecular flexibility index (Phi) is 4.67. The highest BCUT2D eigenvalue weighted by Crippen LogP contribution is 2.30. The van der Waals surface area contributed by atoms with E-state index >= 15 is 0 Å². The average Bonchev–Trinajstić information content (AvgIpc) is 2.85. The van der Waals surface area contributed by atoms with Gasteiger partial charge in [-0.1, -0.05) is 13.3 Å². The summed E-state index contributed by atoms with van der Waals surface area (Å²) in [7, 11) is 0. The van der Waals surface area contributed by atoms with Crippen molar-refractivity contribution < 1.29 is 0 Å². The number of hydrogen-bond donors (Lipinski definition) is 1. The normalized spacial score (nSPS) is 25.1. The quantitative estimate of drug-likeness (QED) is 0.875. The summed E-state index contributed by atoms with van der Waals surface area (Å²) < 4.78 is 0. The summed E-state index contributed by atoms with van der Waals surface area (Å²) >= 11 is 3.87. The molecule has 1 aromatic heterocycles. The van der Waals surface area contributed by atoms with E-state index in [1.807, 2.05) is 0 Å². The highest BCUT2D eigenvalue weighted by atomic mass is 32.2. The second-order valence-corrected chi connectivity index (χ2v) is 6.75. The molecule has 2 atom stereocenters. The molecule has 1 aromatic rings. The maximum Gasteiger partial charge on any atom is 0.107 e. The standard InChI is InChI=1S/C12H20N2S2/c1-3-15-11-6-4-5-10(11)13-7-12-14-9(2)8-16-12/h8,10-11,13H,3-7H2,1-2H3/t10-,11-/m1/s1. The van der Waals surface area contributed by atoms with Crippen molar-refractivity contribution in [2.24, 2.45) is 0 Å². The van der Waals surface area contributed by atoms with Gasteiger partial charge in [0, 0.05) is 28.9 Å². The Morgan fingerprint density at radius 3 is 3.12 bits per heavy atom. The smallest absolute Gasteiger partial charge is 0.107 e. The predicted octanol–water partition coefficient (Wildman–Crippen LogP) is 3.22. The van der Waals surface area contributed by atoms with Crippen molar-refractivity contribution in [3.63, 3.8) is 0 Å². The van der Waals surface area contributed by atoms with Crippen LogP contribution in [0.15, 0.2) is 5.38 Å². The first-order valence-electron chi connectivity index (χ1n) is 6.05. The Labute approximate surface area is 106 Å². The Morgan fingerprint density at radius 1 is 1.56 bits per heavy atom. The zero-order valence-electron chi connectivity index (χ0n) is 10.0. The van der Waals surface area contributed by atoms with Crippen molar-refractivity contribution in [1.29, 1.82) is 0 Å². The van der Waals surface area contributed by atoms with Crippen molar-refractivity contribution in [3.05, 3.63) is 16.1 Å². The van der Waals surface area contributed by atoms with Crippen molar-refractivity contribution in [1.82, 2.24) is 10.3 Å². The van der Waals surface area contributed by atoms with Gasteiger partial charge in [0.25, 0.3) is 0 Å². The van der Waals surface area contributed by atoms with Gasteiger partial charge in [0.05, 0.1) is 0 Å². The number of nitrogens with one attached hydrogen (secondary N) is 1. The van der Waals surface area contributed by atoms with Crippen LogP contribution in [0.3, 0.4) is 0 Å². The fraction of sp³-hybridized carbons (Fsp3) is 0.750. The van der Waals surface area contributed by atoms with Crippen molar-refractivity contribution >= 4 is 23.1 Å². The van der Waals surface area contributed by atoms with Crippen LogP contribution >= 0.6 is 23.1 Å². The SMILES string of the molecule is CCS[C@@H]1CCC[C@H]1NCc1nc(C)cs1. The van der Waals surface area contributed by atoms with Crippen molar-refractivity contribution in [3.8, 4) is 0 Å². The summed E-state index contributed by atoms with van der Waals surface area (Å²) in [5, 5.41) is 7.85. The van der Waals surface area contributed by atoms with E-state index in [0.29, 0.717) is 6.04 Å². The molecule has 0 amide bonds. The van der Waals surface area contributed by atoms with Crippen molar-refractivity contribution in [2.45, 2.75) is 50.9 Å². The lowest BCUT2D eigenvalue weighted by Crippen LogP contribution is -2.33. The zero-order chi connectivity index (χ0) is 11.4.